The van der Waals surface area contributed by atoms with Crippen LogP contribution >= 0.6 is 34.8 Å². The van der Waals surface area contributed by atoms with Gasteiger partial charge in [0, 0.05) is 25.1 Å². The number of anilines is 1. The van der Waals surface area contributed by atoms with E-state index >= 15 is 0 Å². The molecule has 0 aromatic carbocycles. The van der Waals surface area contributed by atoms with Crippen molar-refractivity contribution in [3.8, 4) is 0 Å². The van der Waals surface area contributed by atoms with Crippen LogP contribution in [0, 0.1) is 12.3 Å². The second-order valence-corrected chi connectivity index (χ2v) is 9.23. The number of nitrogens with two attached hydrogens (primary N) is 2. The van der Waals surface area contributed by atoms with Crippen molar-refractivity contribution in [1.82, 2.24) is 19.9 Å². The standard InChI is InChI=1S/C11H13ClN4O3.C6H4Cl2N2O2.C6H9NO/c1-19-10(18)6-5-8(15-11(12)14-6)16-4-2-3-7(16)9(13)17;1-12-5(11)3-2-4(7)10-6(8)9-3;7-6(8)5-3-1-2-4-5/h5,7H,2-4H2,1H3,(H2,13,17);2H,1H3;1,5H,2-4H2,(H-,7,8)/p+1/t7-;;5-/m0.0/s1. The van der Waals surface area contributed by atoms with E-state index in [2.05, 4.69) is 35.8 Å². The number of aromatic nitrogens is 4. The summed E-state index contributed by atoms with van der Waals surface area (Å²) in [5.74, 6) is -1.22. The summed E-state index contributed by atoms with van der Waals surface area (Å²) >= 11 is 16.7. The minimum Gasteiger partial charge on any atom is -0.464 e. The third-order valence-corrected chi connectivity index (χ3v) is 6.12. The van der Waals surface area contributed by atoms with Crippen LogP contribution in [0.4, 0.5) is 5.82 Å². The first-order valence-corrected chi connectivity index (χ1v) is 12.7. The first-order valence-electron chi connectivity index (χ1n) is 11.5. The van der Waals surface area contributed by atoms with Gasteiger partial charge in [-0.25, -0.2) is 29.5 Å². The van der Waals surface area contributed by atoms with E-state index < -0.39 is 23.9 Å². The van der Waals surface area contributed by atoms with Crippen LogP contribution in [0.5, 0.6) is 0 Å². The van der Waals surface area contributed by atoms with Crippen LogP contribution < -0.4 is 16.4 Å². The van der Waals surface area contributed by atoms with Crippen LogP contribution in [0.15, 0.2) is 12.1 Å². The zero-order valence-electron chi connectivity index (χ0n) is 21.1. The van der Waals surface area contributed by atoms with Gasteiger partial charge < -0.3 is 25.8 Å². The quantitative estimate of drug-likeness (QED) is 0.220. The van der Waals surface area contributed by atoms with Crippen molar-refractivity contribution in [1.29, 1.82) is 0 Å². The maximum absolute atomic E-state index is 11.5. The fourth-order valence-corrected chi connectivity index (χ4v) is 4.30. The average Bonchev–Trinajstić information content (AvgIpc) is 3.60. The normalized spacial score (nSPS) is 17.5. The lowest BCUT2D eigenvalue weighted by Crippen LogP contribution is -2.40. The molecule has 0 spiro atoms. The minimum atomic E-state index is -0.611. The van der Waals surface area contributed by atoms with Crippen LogP contribution in [-0.4, -0.2) is 70.5 Å². The molecule has 0 unspecified atom stereocenters. The highest BCUT2D eigenvalue weighted by Crippen LogP contribution is 2.25. The topological polar surface area (TPSA) is 194 Å². The summed E-state index contributed by atoms with van der Waals surface area (Å²) in [6.45, 7) is 0.627. The molecular weight excluding hydrogens is 577 g/mol. The highest BCUT2D eigenvalue weighted by molar-refractivity contribution is 6.32. The number of rotatable bonds is 5. The van der Waals surface area contributed by atoms with E-state index in [1.807, 2.05) is 0 Å². The molecule has 4 rings (SSSR count). The number of carbonyl (C=O) groups excluding carboxylic acids is 4. The molecular formula is C23H27Cl3N7O6+. The third-order valence-electron chi connectivity index (χ3n) is 5.59. The van der Waals surface area contributed by atoms with Crippen molar-refractivity contribution in [2.24, 2.45) is 17.4 Å². The van der Waals surface area contributed by atoms with Crippen molar-refractivity contribution in [2.75, 3.05) is 25.7 Å². The van der Waals surface area contributed by atoms with Gasteiger partial charge in [-0.15, -0.1) is 0 Å². The predicted octanol–water partition coefficient (Wildman–Crippen LogP) is 2.42. The van der Waals surface area contributed by atoms with Crippen molar-refractivity contribution in [3.05, 3.63) is 45.7 Å². The van der Waals surface area contributed by atoms with Crippen LogP contribution in [0.25, 0.3) is 0 Å². The van der Waals surface area contributed by atoms with Gasteiger partial charge >= 0.3 is 11.9 Å². The van der Waals surface area contributed by atoms with Crippen molar-refractivity contribution >= 4 is 64.4 Å². The monoisotopic (exact) mass is 602 g/mol. The summed E-state index contributed by atoms with van der Waals surface area (Å²) in [6.07, 6.45) is 6.53. The van der Waals surface area contributed by atoms with Crippen molar-refractivity contribution < 1.29 is 28.7 Å². The van der Waals surface area contributed by atoms with E-state index in [0.29, 0.717) is 18.8 Å². The smallest absolute Gasteiger partial charge is 0.356 e. The molecule has 210 valence electrons. The van der Waals surface area contributed by atoms with Crippen LogP contribution in [-0.2, 0) is 19.1 Å². The Balaban J connectivity index is 0.000000227. The van der Waals surface area contributed by atoms with Gasteiger partial charge in [0.2, 0.25) is 22.4 Å². The zero-order valence-corrected chi connectivity index (χ0v) is 23.4. The number of amides is 2. The maximum atomic E-state index is 11.5. The molecule has 2 amide bonds. The molecule has 16 heteroatoms. The van der Waals surface area contributed by atoms with Gasteiger partial charge in [0.05, 0.1) is 39.4 Å². The SMILES string of the molecule is COC(=O)c1cc(Cl)nc(Cl)n1.COC(=O)c1cc(N2CCC[C@H]2C(N)=O)nc(Cl)n1.NC(=O)[C@H]1C[CH+]CC1. The number of hydrogen-bond donors (Lipinski definition) is 2. The van der Waals surface area contributed by atoms with Gasteiger partial charge in [-0.1, -0.05) is 11.6 Å². The van der Waals surface area contributed by atoms with Gasteiger partial charge in [0.1, 0.15) is 17.0 Å². The van der Waals surface area contributed by atoms with E-state index in [1.54, 1.807) is 4.90 Å². The Bertz CT molecular complexity index is 1180. The third kappa shape index (κ3) is 9.68. The van der Waals surface area contributed by atoms with Crippen molar-refractivity contribution in [3.63, 3.8) is 0 Å². The molecule has 2 aliphatic rings. The summed E-state index contributed by atoms with van der Waals surface area (Å²) in [5.41, 5.74) is 10.5. The lowest BCUT2D eigenvalue weighted by Gasteiger charge is -2.23. The molecule has 39 heavy (non-hydrogen) atoms. The van der Waals surface area contributed by atoms with Gasteiger partial charge in [-0.3, -0.25) is 9.59 Å². The molecule has 13 nitrogen and oxygen atoms in total. The fourth-order valence-electron chi connectivity index (χ4n) is 3.71. The number of methoxy groups -OCH3 is 2. The number of hydrogen-bond acceptors (Lipinski definition) is 11. The zero-order chi connectivity index (χ0) is 29.1. The van der Waals surface area contributed by atoms with E-state index in [-0.39, 0.29) is 38.9 Å². The van der Waals surface area contributed by atoms with Crippen LogP contribution in [0.3, 0.4) is 0 Å². The molecule has 2 atom stereocenters. The number of halogens is 3. The Hall–Kier alpha value is -3.42. The second kappa shape index (κ2) is 15.2. The molecule has 0 radical (unpaired) electrons. The molecule has 1 saturated heterocycles. The molecule has 2 aromatic heterocycles. The van der Waals surface area contributed by atoms with Gasteiger partial charge in [0.25, 0.3) is 0 Å². The summed E-state index contributed by atoms with van der Waals surface area (Å²) in [5, 5.41) is -0.0497. The van der Waals surface area contributed by atoms with E-state index in [9.17, 15) is 19.2 Å². The number of ether oxygens (including phenoxy) is 2. The Morgan fingerprint density at radius 1 is 0.897 bits per heavy atom. The van der Waals surface area contributed by atoms with Crippen LogP contribution in [0.2, 0.25) is 15.7 Å². The number of esters is 2. The Labute approximate surface area is 239 Å². The minimum absolute atomic E-state index is 0.0440. The largest absolute Gasteiger partial charge is 0.464 e. The lowest BCUT2D eigenvalue weighted by molar-refractivity contribution is -0.121. The summed E-state index contributed by atoms with van der Waals surface area (Å²) < 4.78 is 8.98. The predicted molar refractivity (Wildman–Crippen MR) is 142 cm³/mol. The maximum Gasteiger partial charge on any atom is 0.356 e. The molecule has 3 heterocycles. The highest BCUT2D eigenvalue weighted by atomic mass is 35.5. The van der Waals surface area contributed by atoms with E-state index in [1.165, 1.54) is 26.4 Å². The van der Waals surface area contributed by atoms with E-state index in [0.717, 1.165) is 25.7 Å². The Morgan fingerprint density at radius 3 is 1.95 bits per heavy atom. The molecule has 0 bridgehead atoms. The van der Waals surface area contributed by atoms with Crippen LogP contribution in [0.1, 0.15) is 53.1 Å². The molecule has 1 aliphatic heterocycles. The lowest BCUT2D eigenvalue weighted by atomic mass is 10.1. The molecule has 1 saturated carbocycles. The summed E-state index contributed by atoms with van der Waals surface area (Å²) in [4.78, 5) is 60.8. The number of primary amides is 2. The fraction of sp³-hybridized carbons (Fsp3) is 0.435. The van der Waals surface area contributed by atoms with E-state index in [4.69, 9.17) is 46.3 Å². The molecule has 1 aliphatic carbocycles. The Morgan fingerprint density at radius 2 is 1.49 bits per heavy atom. The molecule has 2 aromatic rings. The van der Waals surface area contributed by atoms with Gasteiger partial charge in [0.15, 0.2) is 11.4 Å². The number of carbonyl (C=O) groups is 4. The van der Waals surface area contributed by atoms with Crippen molar-refractivity contribution in [2.45, 2.75) is 38.1 Å². The highest BCUT2D eigenvalue weighted by Gasteiger charge is 2.31. The molecule has 2 fully saturated rings. The van der Waals surface area contributed by atoms with Gasteiger partial charge in [-0.2, -0.15) is 0 Å². The first-order chi connectivity index (χ1) is 18.5. The summed E-state index contributed by atoms with van der Waals surface area (Å²) in [6, 6.07) is 2.29. The second-order valence-electron chi connectivity index (χ2n) is 8.16. The first kappa shape index (κ1) is 31.8. The Kier molecular flexibility index (Phi) is 12.4. The summed E-state index contributed by atoms with van der Waals surface area (Å²) in [7, 11) is 2.49. The van der Waals surface area contributed by atoms with Gasteiger partial charge in [-0.05, 0) is 36.0 Å². The molecule has 4 N–H and O–H groups in total. The average molecular weight is 604 g/mol. The number of nitrogens with zero attached hydrogens (tertiary/aromatic N) is 5.